The van der Waals surface area contributed by atoms with E-state index in [4.69, 9.17) is 9.15 Å². The van der Waals surface area contributed by atoms with Crippen LogP contribution in [0.2, 0.25) is 0 Å². The van der Waals surface area contributed by atoms with Crippen molar-refractivity contribution in [3.63, 3.8) is 0 Å². The second kappa shape index (κ2) is 6.09. The molecule has 0 saturated carbocycles. The van der Waals surface area contributed by atoms with E-state index in [1.54, 1.807) is 19.2 Å². The summed E-state index contributed by atoms with van der Waals surface area (Å²) in [6, 6.07) is 11.1. The van der Waals surface area contributed by atoms with E-state index in [0.29, 0.717) is 12.2 Å². The number of amides is 1. The molecule has 0 radical (unpaired) electrons. The van der Waals surface area contributed by atoms with Crippen LogP contribution in [0.4, 0.5) is 0 Å². The molecule has 2 rings (SSSR count). The van der Waals surface area contributed by atoms with Gasteiger partial charge >= 0.3 is 0 Å². The van der Waals surface area contributed by atoms with Crippen LogP contribution in [0.15, 0.2) is 47.1 Å². The summed E-state index contributed by atoms with van der Waals surface area (Å²) < 4.78 is 10.3. The number of carbonyl (C=O) groups excluding carboxylic acids is 1. The number of ether oxygens (including phenoxy) is 1. The topological polar surface area (TPSA) is 51.5 Å². The van der Waals surface area contributed by atoms with Crippen LogP contribution in [0.25, 0.3) is 0 Å². The second-order valence-corrected chi connectivity index (χ2v) is 4.37. The Bertz CT molecular complexity index is 534. The number of benzene rings is 1. The molecule has 19 heavy (non-hydrogen) atoms. The maximum atomic E-state index is 11.8. The van der Waals surface area contributed by atoms with Crippen molar-refractivity contribution in [1.29, 1.82) is 0 Å². The molecule has 1 unspecified atom stereocenters. The van der Waals surface area contributed by atoms with Gasteiger partial charge in [-0.3, -0.25) is 4.79 Å². The van der Waals surface area contributed by atoms with Crippen molar-refractivity contribution in [3.8, 4) is 5.75 Å². The Hall–Kier alpha value is -2.23. The third-order valence-electron chi connectivity index (χ3n) is 2.84. The second-order valence-electron chi connectivity index (χ2n) is 4.37. The Morgan fingerprint density at radius 2 is 2.11 bits per heavy atom. The molecule has 1 aromatic carbocycles. The van der Waals surface area contributed by atoms with Crippen LogP contribution in [0.1, 0.15) is 23.0 Å². The number of rotatable bonds is 5. The molecule has 4 heteroatoms. The molecule has 0 aliphatic rings. The van der Waals surface area contributed by atoms with Gasteiger partial charge in [-0.05, 0) is 37.1 Å². The molecule has 4 nitrogen and oxygen atoms in total. The molecule has 1 atom stereocenters. The van der Waals surface area contributed by atoms with Crippen LogP contribution in [0.3, 0.4) is 0 Å². The predicted molar refractivity (Wildman–Crippen MR) is 72.3 cm³/mol. The maximum absolute atomic E-state index is 11.8. The molecule has 100 valence electrons. The van der Waals surface area contributed by atoms with E-state index in [-0.39, 0.29) is 11.9 Å². The highest BCUT2D eigenvalue weighted by atomic mass is 16.5. The van der Waals surface area contributed by atoms with Crippen LogP contribution in [0, 0.1) is 0 Å². The molecule has 0 saturated heterocycles. The number of carbonyl (C=O) groups is 1. The lowest BCUT2D eigenvalue weighted by molar-refractivity contribution is 0.0912. The van der Waals surface area contributed by atoms with Crippen LogP contribution in [-0.2, 0) is 6.42 Å². The van der Waals surface area contributed by atoms with Gasteiger partial charge in [-0.1, -0.05) is 18.2 Å². The minimum atomic E-state index is -0.201. The average molecular weight is 259 g/mol. The Morgan fingerprint density at radius 3 is 2.79 bits per heavy atom. The van der Waals surface area contributed by atoms with Gasteiger partial charge in [0.15, 0.2) is 5.76 Å². The lowest BCUT2D eigenvalue weighted by atomic mass is 10.1. The molecular formula is C15H17NO3. The van der Waals surface area contributed by atoms with Crippen LogP contribution in [0.5, 0.6) is 5.75 Å². The fourth-order valence-corrected chi connectivity index (χ4v) is 1.96. The van der Waals surface area contributed by atoms with Gasteiger partial charge in [0.25, 0.3) is 5.91 Å². The number of hydrogen-bond acceptors (Lipinski definition) is 3. The minimum Gasteiger partial charge on any atom is -0.496 e. The van der Waals surface area contributed by atoms with E-state index in [2.05, 4.69) is 5.32 Å². The first-order chi connectivity index (χ1) is 9.20. The molecular weight excluding hydrogens is 242 g/mol. The molecule has 0 spiro atoms. The maximum Gasteiger partial charge on any atom is 0.287 e. The number of hydrogen-bond donors (Lipinski definition) is 1. The summed E-state index contributed by atoms with van der Waals surface area (Å²) in [6.07, 6.45) is 2.19. The molecule has 0 aliphatic carbocycles. The molecule has 1 N–H and O–H groups in total. The first-order valence-corrected chi connectivity index (χ1v) is 6.17. The molecule has 1 heterocycles. The summed E-state index contributed by atoms with van der Waals surface area (Å²) in [6.45, 7) is 1.95. The van der Waals surface area contributed by atoms with Crippen molar-refractivity contribution in [2.75, 3.05) is 7.11 Å². The first-order valence-electron chi connectivity index (χ1n) is 6.17. The Labute approximate surface area is 112 Å². The number of methoxy groups -OCH3 is 1. The van der Waals surface area contributed by atoms with Crippen molar-refractivity contribution in [2.24, 2.45) is 0 Å². The van der Waals surface area contributed by atoms with E-state index >= 15 is 0 Å². The zero-order chi connectivity index (χ0) is 13.7. The third-order valence-corrected chi connectivity index (χ3v) is 2.84. The van der Waals surface area contributed by atoms with Crippen LogP contribution < -0.4 is 10.1 Å². The molecule has 1 aromatic heterocycles. The summed E-state index contributed by atoms with van der Waals surface area (Å²) in [4.78, 5) is 11.8. The Balaban J connectivity index is 1.97. The summed E-state index contributed by atoms with van der Waals surface area (Å²) in [7, 11) is 1.64. The SMILES string of the molecule is COc1ccccc1CC(C)NC(=O)c1ccco1. The van der Waals surface area contributed by atoms with Crippen molar-refractivity contribution >= 4 is 5.91 Å². The van der Waals surface area contributed by atoms with Gasteiger partial charge in [0.2, 0.25) is 0 Å². The smallest absolute Gasteiger partial charge is 0.287 e. The fourth-order valence-electron chi connectivity index (χ4n) is 1.96. The zero-order valence-corrected chi connectivity index (χ0v) is 11.1. The van der Waals surface area contributed by atoms with E-state index in [1.165, 1.54) is 6.26 Å². The van der Waals surface area contributed by atoms with Gasteiger partial charge in [-0.2, -0.15) is 0 Å². The predicted octanol–water partition coefficient (Wildman–Crippen LogP) is 2.65. The van der Waals surface area contributed by atoms with E-state index in [9.17, 15) is 4.79 Å². The molecule has 2 aromatic rings. The number of nitrogens with one attached hydrogen (secondary N) is 1. The van der Waals surface area contributed by atoms with Gasteiger partial charge in [0, 0.05) is 6.04 Å². The highest BCUT2D eigenvalue weighted by molar-refractivity contribution is 5.91. The summed E-state index contributed by atoms with van der Waals surface area (Å²) in [5.74, 6) is 0.959. The summed E-state index contributed by atoms with van der Waals surface area (Å²) in [5, 5.41) is 2.89. The van der Waals surface area contributed by atoms with Gasteiger partial charge < -0.3 is 14.5 Å². The normalized spacial score (nSPS) is 11.9. The largest absolute Gasteiger partial charge is 0.496 e. The van der Waals surface area contributed by atoms with Crippen LogP contribution in [-0.4, -0.2) is 19.1 Å². The molecule has 0 fully saturated rings. The van der Waals surface area contributed by atoms with Crippen molar-refractivity contribution in [2.45, 2.75) is 19.4 Å². The number of para-hydroxylation sites is 1. The lowest BCUT2D eigenvalue weighted by Crippen LogP contribution is -2.33. The highest BCUT2D eigenvalue weighted by Gasteiger charge is 2.13. The van der Waals surface area contributed by atoms with Gasteiger partial charge in [-0.15, -0.1) is 0 Å². The molecule has 0 aliphatic heterocycles. The van der Waals surface area contributed by atoms with Crippen molar-refractivity contribution < 1.29 is 13.9 Å². The lowest BCUT2D eigenvalue weighted by Gasteiger charge is -2.15. The van der Waals surface area contributed by atoms with Gasteiger partial charge in [0.1, 0.15) is 5.75 Å². The summed E-state index contributed by atoms with van der Waals surface area (Å²) in [5.41, 5.74) is 1.07. The standard InChI is InChI=1S/C15H17NO3/c1-11(16-15(17)14-8-5-9-19-14)10-12-6-3-4-7-13(12)18-2/h3-9,11H,10H2,1-2H3,(H,16,17). The Kier molecular flexibility index (Phi) is 4.23. The summed E-state index contributed by atoms with van der Waals surface area (Å²) >= 11 is 0. The van der Waals surface area contributed by atoms with Crippen molar-refractivity contribution in [1.82, 2.24) is 5.32 Å². The van der Waals surface area contributed by atoms with Gasteiger partial charge in [-0.25, -0.2) is 0 Å². The Morgan fingerprint density at radius 1 is 1.32 bits per heavy atom. The fraction of sp³-hybridized carbons (Fsp3) is 0.267. The van der Waals surface area contributed by atoms with Crippen LogP contribution >= 0.6 is 0 Å². The van der Waals surface area contributed by atoms with E-state index < -0.39 is 0 Å². The third kappa shape index (κ3) is 3.37. The van der Waals surface area contributed by atoms with E-state index in [1.807, 2.05) is 31.2 Å². The minimum absolute atomic E-state index is 0.00565. The van der Waals surface area contributed by atoms with Crippen molar-refractivity contribution in [3.05, 3.63) is 54.0 Å². The van der Waals surface area contributed by atoms with Gasteiger partial charge in [0.05, 0.1) is 13.4 Å². The number of furan rings is 1. The highest BCUT2D eigenvalue weighted by Crippen LogP contribution is 2.18. The quantitative estimate of drug-likeness (QED) is 0.898. The van der Waals surface area contributed by atoms with E-state index in [0.717, 1.165) is 11.3 Å². The first kappa shape index (κ1) is 13.2. The average Bonchev–Trinajstić information content (AvgIpc) is 2.93. The monoisotopic (exact) mass is 259 g/mol. The molecule has 1 amide bonds. The molecule has 0 bridgehead atoms. The zero-order valence-electron chi connectivity index (χ0n) is 11.1.